The lowest BCUT2D eigenvalue weighted by molar-refractivity contribution is 0.0667. The fourth-order valence-corrected chi connectivity index (χ4v) is 3.31. The van der Waals surface area contributed by atoms with Crippen molar-refractivity contribution in [2.75, 3.05) is 12.3 Å². The van der Waals surface area contributed by atoms with E-state index in [1.165, 1.54) is 17.1 Å². The molecule has 0 radical (unpaired) electrons. The number of aromatic nitrogens is 4. The van der Waals surface area contributed by atoms with Crippen molar-refractivity contribution < 1.29 is 9.59 Å². The molecular formula is C18H18N6O2. The highest BCUT2D eigenvalue weighted by atomic mass is 16.2. The van der Waals surface area contributed by atoms with Crippen molar-refractivity contribution in [1.29, 1.82) is 0 Å². The van der Waals surface area contributed by atoms with E-state index in [1.807, 2.05) is 30.3 Å². The molecule has 1 fully saturated rings. The topological polar surface area (TPSA) is 110 Å². The maximum atomic E-state index is 13.0. The van der Waals surface area contributed by atoms with Crippen molar-refractivity contribution in [3.8, 4) is 5.69 Å². The third-order valence-corrected chi connectivity index (χ3v) is 4.62. The summed E-state index contributed by atoms with van der Waals surface area (Å²) in [7, 11) is 0. The van der Waals surface area contributed by atoms with Crippen LogP contribution in [0.3, 0.4) is 0 Å². The van der Waals surface area contributed by atoms with Crippen LogP contribution in [0.2, 0.25) is 0 Å². The summed E-state index contributed by atoms with van der Waals surface area (Å²) < 4.78 is 1.53. The van der Waals surface area contributed by atoms with Crippen LogP contribution in [-0.2, 0) is 0 Å². The van der Waals surface area contributed by atoms with Crippen LogP contribution in [0.15, 0.2) is 48.8 Å². The quantitative estimate of drug-likeness (QED) is 0.696. The van der Waals surface area contributed by atoms with Gasteiger partial charge in [-0.15, -0.1) is 0 Å². The number of nitrogens with zero attached hydrogens (tertiary/aromatic N) is 4. The second kappa shape index (κ2) is 6.47. The number of rotatable bonds is 4. The lowest BCUT2D eigenvalue weighted by atomic mass is 10.0. The van der Waals surface area contributed by atoms with Gasteiger partial charge in [0.15, 0.2) is 5.78 Å². The predicted octanol–water partition coefficient (Wildman–Crippen LogP) is 1.67. The first-order valence-electron chi connectivity index (χ1n) is 8.40. The van der Waals surface area contributed by atoms with Gasteiger partial charge in [-0.2, -0.15) is 10.2 Å². The summed E-state index contributed by atoms with van der Waals surface area (Å²) in [6.45, 7) is 0.529. The Kier molecular flexibility index (Phi) is 4.00. The normalized spacial score (nSPS) is 16.8. The fourth-order valence-electron chi connectivity index (χ4n) is 3.31. The number of ketones is 1. The Hall–Kier alpha value is -3.42. The van der Waals surface area contributed by atoms with Gasteiger partial charge in [-0.3, -0.25) is 14.7 Å². The van der Waals surface area contributed by atoms with Crippen LogP contribution in [0, 0.1) is 0 Å². The molecule has 2 aromatic heterocycles. The van der Waals surface area contributed by atoms with Crippen LogP contribution in [0.1, 0.15) is 33.7 Å². The summed E-state index contributed by atoms with van der Waals surface area (Å²) in [6, 6.07) is 10.4. The average molecular weight is 350 g/mol. The Morgan fingerprint density at radius 3 is 2.73 bits per heavy atom. The number of anilines is 1. The number of hydrogen-bond donors (Lipinski definition) is 2. The molecule has 1 aromatic carbocycles. The summed E-state index contributed by atoms with van der Waals surface area (Å²) in [4.78, 5) is 27.2. The maximum Gasteiger partial charge on any atom is 0.272 e. The minimum Gasteiger partial charge on any atom is -0.383 e. The molecule has 132 valence electrons. The standard InChI is InChI=1S/C18H18N6O2/c19-17-13(11-21-24(17)12-5-2-1-3-6-12)16(25)15-7-4-10-23(15)18(26)14-8-9-20-22-14/h1-3,5-6,8-9,11,15H,4,7,10,19H2,(H,20,22). The average Bonchev–Trinajstić information content (AvgIpc) is 3.42. The minimum atomic E-state index is -0.540. The number of H-pyrrole nitrogens is 1. The van der Waals surface area contributed by atoms with E-state index >= 15 is 0 Å². The number of nitrogen functional groups attached to an aromatic ring is 1. The van der Waals surface area contributed by atoms with Crippen LogP contribution in [-0.4, -0.2) is 49.2 Å². The van der Waals surface area contributed by atoms with Gasteiger partial charge in [0.05, 0.1) is 23.5 Å². The molecule has 0 bridgehead atoms. The van der Waals surface area contributed by atoms with Crippen molar-refractivity contribution in [3.05, 3.63) is 60.0 Å². The lowest BCUT2D eigenvalue weighted by Crippen LogP contribution is -2.40. The number of benzene rings is 1. The molecule has 1 amide bonds. The number of amides is 1. The van der Waals surface area contributed by atoms with E-state index < -0.39 is 6.04 Å². The zero-order chi connectivity index (χ0) is 18.1. The first-order chi connectivity index (χ1) is 12.7. The van der Waals surface area contributed by atoms with Gasteiger partial charge < -0.3 is 10.6 Å². The number of para-hydroxylation sites is 1. The van der Waals surface area contributed by atoms with E-state index in [2.05, 4.69) is 15.3 Å². The zero-order valence-electron chi connectivity index (χ0n) is 14.0. The number of carbonyl (C=O) groups excluding carboxylic acids is 2. The van der Waals surface area contributed by atoms with Crippen molar-refractivity contribution in [3.63, 3.8) is 0 Å². The van der Waals surface area contributed by atoms with Crippen LogP contribution in [0.4, 0.5) is 5.82 Å². The highest BCUT2D eigenvalue weighted by molar-refractivity contribution is 6.06. The van der Waals surface area contributed by atoms with Crippen LogP contribution in [0.5, 0.6) is 0 Å². The molecule has 26 heavy (non-hydrogen) atoms. The van der Waals surface area contributed by atoms with Gasteiger partial charge in [-0.1, -0.05) is 18.2 Å². The molecule has 1 saturated heterocycles. The van der Waals surface area contributed by atoms with Crippen molar-refractivity contribution in [2.45, 2.75) is 18.9 Å². The highest BCUT2D eigenvalue weighted by Gasteiger charge is 2.36. The van der Waals surface area contributed by atoms with Gasteiger partial charge in [0.25, 0.3) is 5.91 Å². The first kappa shape index (κ1) is 16.1. The molecule has 0 aliphatic carbocycles. The van der Waals surface area contributed by atoms with E-state index in [9.17, 15) is 9.59 Å². The Morgan fingerprint density at radius 2 is 2.00 bits per heavy atom. The molecule has 1 aliphatic heterocycles. The lowest BCUT2D eigenvalue weighted by Gasteiger charge is -2.22. The molecule has 0 saturated carbocycles. The van der Waals surface area contributed by atoms with Crippen molar-refractivity contribution in [2.24, 2.45) is 0 Å². The van der Waals surface area contributed by atoms with Crippen LogP contribution < -0.4 is 5.73 Å². The molecule has 1 unspecified atom stereocenters. The van der Waals surface area contributed by atoms with Crippen LogP contribution >= 0.6 is 0 Å². The largest absolute Gasteiger partial charge is 0.383 e. The molecule has 3 aromatic rings. The first-order valence-corrected chi connectivity index (χ1v) is 8.40. The van der Waals surface area contributed by atoms with E-state index in [0.29, 0.717) is 24.2 Å². The van der Waals surface area contributed by atoms with Gasteiger partial charge in [0.1, 0.15) is 11.5 Å². The van der Waals surface area contributed by atoms with Crippen molar-refractivity contribution in [1.82, 2.24) is 24.9 Å². The predicted molar refractivity (Wildman–Crippen MR) is 95.0 cm³/mol. The molecule has 1 aliphatic rings. The number of nitrogens with two attached hydrogens (primary N) is 1. The Labute approximate surface area is 149 Å². The van der Waals surface area contributed by atoms with Gasteiger partial charge in [-0.25, -0.2) is 4.68 Å². The molecular weight excluding hydrogens is 332 g/mol. The second-order valence-electron chi connectivity index (χ2n) is 6.18. The number of Topliss-reactive ketones (excluding diaryl/α,β-unsaturated/α-hetero) is 1. The van der Waals surface area contributed by atoms with Gasteiger partial charge >= 0.3 is 0 Å². The maximum absolute atomic E-state index is 13.0. The smallest absolute Gasteiger partial charge is 0.272 e. The van der Waals surface area contributed by atoms with E-state index in [4.69, 9.17) is 5.73 Å². The van der Waals surface area contributed by atoms with Gasteiger partial charge in [-0.05, 0) is 31.0 Å². The van der Waals surface area contributed by atoms with E-state index in [1.54, 1.807) is 11.0 Å². The number of aromatic amines is 1. The summed E-state index contributed by atoms with van der Waals surface area (Å²) in [5, 5.41) is 10.7. The van der Waals surface area contributed by atoms with Crippen molar-refractivity contribution >= 4 is 17.5 Å². The second-order valence-corrected chi connectivity index (χ2v) is 6.18. The summed E-state index contributed by atoms with van der Waals surface area (Å²) in [6.07, 6.45) is 4.36. The number of carbonyl (C=O) groups is 2. The zero-order valence-corrected chi connectivity index (χ0v) is 14.0. The fraction of sp³-hybridized carbons (Fsp3) is 0.222. The number of likely N-dealkylation sites (tertiary alicyclic amines) is 1. The van der Waals surface area contributed by atoms with Gasteiger partial charge in [0, 0.05) is 12.7 Å². The SMILES string of the molecule is Nc1c(C(=O)C2CCCN2C(=O)c2ccn[nH]2)cnn1-c1ccccc1. The van der Waals surface area contributed by atoms with E-state index in [-0.39, 0.29) is 17.5 Å². The molecule has 1 atom stereocenters. The molecule has 3 heterocycles. The molecule has 3 N–H and O–H groups in total. The number of nitrogens with one attached hydrogen (secondary N) is 1. The van der Waals surface area contributed by atoms with E-state index in [0.717, 1.165) is 12.1 Å². The molecule has 0 spiro atoms. The minimum absolute atomic E-state index is 0.185. The molecule has 8 heteroatoms. The third-order valence-electron chi connectivity index (χ3n) is 4.62. The van der Waals surface area contributed by atoms with Crippen LogP contribution in [0.25, 0.3) is 5.69 Å². The Balaban J connectivity index is 1.61. The monoisotopic (exact) mass is 350 g/mol. The van der Waals surface area contributed by atoms with Gasteiger partial charge in [0.2, 0.25) is 0 Å². The number of hydrogen-bond acceptors (Lipinski definition) is 5. The summed E-state index contributed by atoms with van der Waals surface area (Å²) in [5.74, 6) is -0.135. The summed E-state index contributed by atoms with van der Waals surface area (Å²) >= 11 is 0. The Bertz CT molecular complexity index is 932. The molecule has 8 nitrogen and oxygen atoms in total. The third kappa shape index (κ3) is 2.65. The summed E-state index contributed by atoms with van der Waals surface area (Å²) in [5.41, 5.74) is 7.67. The molecule has 4 rings (SSSR count). The Morgan fingerprint density at radius 1 is 1.19 bits per heavy atom. The highest BCUT2D eigenvalue weighted by Crippen LogP contribution is 2.26.